The smallest absolute Gasteiger partial charge is 0.126 e. The van der Waals surface area contributed by atoms with Crippen molar-refractivity contribution in [3.63, 3.8) is 0 Å². The molecule has 1 aromatic heterocycles. The molecular weight excluding hydrogens is 234 g/mol. The Bertz CT molecular complexity index is 395. The van der Waals surface area contributed by atoms with Crippen LogP contribution < -0.4 is 5.32 Å². The first kappa shape index (κ1) is 12.9. The molecule has 104 valence electrons. The highest BCUT2D eigenvalue weighted by atomic mass is 15.2. The number of likely N-dealkylation sites (tertiary alicyclic amines) is 1. The number of pyridine rings is 1. The molecule has 1 saturated carbocycles. The zero-order valence-electron chi connectivity index (χ0n) is 11.9. The molecule has 1 saturated heterocycles. The number of aromatic nitrogens is 1. The van der Waals surface area contributed by atoms with E-state index in [0.717, 1.165) is 12.4 Å². The van der Waals surface area contributed by atoms with E-state index < -0.39 is 0 Å². The van der Waals surface area contributed by atoms with Gasteiger partial charge in [-0.15, -0.1) is 0 Å². The highest BCUT2D eigenvalue weighted by Crippen LogP contribution is 2.31. The summed E-state index contributed by atoms with van der Waals surface area (Å²) in [6.45, 7) is 4.64. The van der Waals surface area contributed by atoms with Gasteiger partial charge in [-0.2, -0.15) is 0 Å². The molecule has 0 aromatic carbocycles. The summed E-state index contributed by atoms with van der Waals surface area (Å²) in [5.74, 6) is 1.05. The maximum absolute atomic E-state index is 4.62. The lowest BCUT2D eigenvalue weighted by Gasteiger charge is -2.23. The van der Waals surface area contributed by atoms with Gasteiger partial charge in [-0.05, 0) is 50.4 Å². The van der Waals surface area contributed by atoms with Crippen LogP contribution >= 0.6 is 0 Å². The Balaban J connectivity index is 1.64. The monoisotopic (exact) mass is 259 g/mol. The maximum Gasteiger partial charge on any atom is 0.126 e. The Hall–Kier alpha value is -1.09. The van der Waals surface area contributed by atoms with Gasteiger partial charge in [0, 0.05) is 18.3 Å². The minimum absolute atomic E-state index is 0.595. The molecular formula is C16H25N3. The number of rotatable bonds is 4. The Kier molecular flexibility index (Phi) is 4.02. The maximum atomic E-state index is 4.62. The van der Waals surface area contributed by atoms with E-state index in [-0.39, 0.29) is 0 Å². The first-order valence-electron chi connectivity index (χ1n) is 7.83. The third kappa shape index (κ3) is 2.92. The second-order valence-corrected chi connectivity index (χ2v) is 5.89. The van der Waals surface area contributed by atoms with Crippen LogP contribution in [0.2, 0.25) is 0 Å². The van der Waals surface area contributed by atoms with E-state index >= 15 is 0 Å². The van der Waals surface area contributed by atoms with Crippen LogP contribution in [0.4, 0.5) is 5.82 Å². The topological polar surface area (TPSA) is 28.2 Å². The molecule has 0 amide bonds. The van der Waals surface area contributed by atoms with Crippen molar-refractivity contribution in [3.05, 3.63) is 23.9 Å². The Morgan fingerprint density at radius 3 is 2.74 bits per heavy atom. The molecule has 2 fully saturated rings. The molecule has 0 spiro atoms. The summed E-state index contributed by atoms with van der Waals surface area (Å²) < 4.78 is 0. The van der Waals surface area contributed by atoms with E-state index in [4.69, 9.17) is 0 Å². The van der Waals surface area contributed by atoms with Crippen LogP contribution in [0.25, 0.3) is 0 Å². The molecule has 19 heavy (non-hydrogen) atoms. The van der Waals surface area contributed by atoms with Gasteiger partial charge in [-0.3, -0.25) is 4.90 Å². The summed E-state index contributed by atoms with van der Waals surface area (Å²) in [5, 5.41) is 3.56. The van der Waals surface area contributed by atoms with Crippen molar-refractivity contribution in [1.82, 2.24) is 9.88 Å². The zero-order chi connectivity index (χ0) is 13.1. The molecule has 0 radical (unpaired) electrons. The number of anilines is 1. The highest BCUT2D eigenvalue weighted by Gasteiger charge is 2.24. The molecule has 1 aliphatic heterocycles. The van der Waals surface area contributed by atoms with Crippen molar-refractivity contribution in [2.24, 2.45) is 0 Å². The SMILES string of the molecule is CCN1CCC[C@H]1c1ccc(NC2CCCC2)nc1. The van der Waals surface area contributed by atoms with Gasteiger partial charge in [0.1, 0.15) is 5.82 Å². The van der Waals surface area contributed by atoms with Crippen molar-refractivity contribution in [2.75, 3.05) is 18.4 Å². The molecule has 2 aliphatic rings. The van der Waals surface area contributed by atoms with Gasteiger partial charge in [0.2, 0.25) is 0 Å². The summed E-state index contributed by atoms with van der Waals surface area (Å²) in [6, 6.07) is 5.68. The van der Waals surface area contributed by atoms with E-state index in [1.165, 1.54) is 50.6 Å². The van der Waals surface area contributed by atoms with Crippen molar-refractivity contribution in [1.29, 1.82) is 0 Å². The lowest BCUT2D eigenvalue weighted by molar-refractivity contribution is 0.271. The number of hydrogen-bond donors (Lipinski definition) is 1. The van der Waals surface area contributed by atoms with Crippen molar-refractivity contribution < 1.29 is 0 Å². The summed E-state index contributed by atoms with van der Waals surface area (Å²) in [4.78, 5) is 7.17. The largest absolute Gasteiger partial charge is 0.367 e. The number of nitrogens with one attached hydrogen (secondary N) is 1. The number of nitrogens with zero attached hydrogens (tertiary/aromatic N) is 2. The lowest BCUT2D eigenvalue weighted by Crippen LogP contribution is -2.22. The fourth-order valence-corrected chi connectivity index (χ4v) is 3.55. The van der Waals surface area contributed by atoms with Gasteiger partial charge in [-0.1, -0.05) is 25.8 Å². The van der Waals surface area contributed by atoms with E-state index in [0.29, 0.717) is 12.1 Å². The van der Waals surface area contributed by atoms with Gasteiger partial charge in [0.25, 0.3) is 0 Å². The Morgan fingerprint density at radius 1 is 1.21 bits per heavy atom. The second-order valence-electron chi connectivity index (χ2n) is 5.89. The number of hydrogen-bond acceptors (Lipinski definition) is 3. The van der Waals surface area contributed by atoms with Crippen LogP contribution in [-0.2, 0) is 0 Å². The fourth-order valence-electron chi connectivity index (χ4n) is 3.55. The second kappa shape index (κ2) is 5.91. The van der Waals surface area contributed by atoms with Crippen LogP contribution in [0.15, 0.2) is 18.3 Å². The summed E-state index contributed by atoms with van der Waals surface area (Å²) in [5.41, 5.74) is 1.39. The van der Waals surface area contributed by atoms with E-state index in [1.54, 1.807) is 0 Å². The van der Waals surface area contributed by atoms with E-state index in [1.807, 2.05) is 0 Å². The average Bonchev–Trinajstić information content (AvgIpc) is 3.10. The molecule has 1 aromatic rings. The predicted molar refractivity (Wildman–Crippen MR) is 79.3 cm³/mol. The Morgan fingerprint density at radius 2 is 2.05 bits per heavy atom. The minimum atomic E-state index is 0.595. The minimum Gasteiger partial charge on any atom is -0.367 e. The zero-order valence-corrected chi connectivity index (χ0v) is 11.9. The van der Waals surface area contributed by atoms with Gasteiger partial charge >= 0.3 is 0 Å². The van der Waals surface area contributed by atoms with Crippen LogP contribution in [0.1, 0.15) is 57.1 Å². The third-order valence-electron chi connectivity index (χ3n) is 4.65. The fraction of sp³-hybridized carbons (Fsp3) is 0.688. The van der Waals surface area contributed by atoms with Gasteiger partial charge in [0.15, 0.2) is 0 Å². The normalized spacial score (nSPS) is 25.0. The van der Waals surface area contributed by atoms with E-state index in [9.17, 15) is 0 Å². The van der Waals surface area contributed by atoms with Crippen LogP contribution in [0, 0.1) is 0 Å². The highest BCUT2D eigenvalue weighted by molar-refractivity contribution is 5.37. The summed E-state index contributed by atoms with van der Waals surface area (Å²) >= 11 is 0. The molecule has 3 rings (SSSR count). The van der Waals surface area contributed by atoms with Crippen molar-refractivity contribution in [2.45, 2.75) is 57.5 Å². The molecule has 1 atom stereocenters. The molecule has 1 N–H and O–H groups in total. The van der Waals surface area contributed by atoms with E-state index in [2.05, 4.69) is 40.5 Å². The van der Waals surface area contributed by atoms with Crippen molar-refractivity contribution >= 4 is 5.82 Å². The standard InChI is InChI=1S/C16H25N3/c1-2-19-11-5-8-15(19)13-9-10-16(17-12-13)18-14-6-3-4-7-14/h9-10,12,14-15H,2-8,11H2,1H3,(H,17,18)/t15-/m0/s1. The van der Waals surface area contributed by atoms with Crippen LogP contribution in [0.5, 0.6) is 0 Å². The molecule has 3 nitrogen and oxygen atoms in total. The molecule has 2 heterocycles. The Labute approximate surface area is 116 Å². The molecule has 3 heteroatoms. The van der Waals surface area contributed by atoms with Gasteiger partial charge in [0.05, 0.1) is 0 Å². The van der Waals surface area contributed by atoms with Crippen molar-refractivity contribution in [3.8, 4) is 0 Å². The average molecular weight is 259 g/mol. The quantitative estimate of drug-likeness (QED) is 0.895. The third-order valence-corrected chi connectivity index (χ3v) is 4.65. The molecule has 1 aliphatic carbocycles. The first-order chi connectivity index (χ1) is 9.36. The first-order valence-corrected chi connectivity index (χ1v) is 7.83. The summed E-state index contributed by atoms with van der Waals surface area (Å²) in [6.07, 6.45) is 10.0. The van der Waals surface area contributed by atoms with Crippen LogP contribution in [0.3, 0.4) is 0 Å². The van der Waals surface area contributed by atoms with Gasteiger partial charge < -0.3 is 5.32 Å². The molecule has 0 bridgehead atoms. The summed E-state index contributed by atoms with van der Waals surface area (Å²) in [7, 11) is 0. The predicted octanol–water partition coefficient (Wildman–Crippen LogP) is 3.59. The van der Waals surface area contributed by atoms with Gasteiger partial charge in [-0.25, -0.2) is 4.98 Å². The lowest BCUT2D eigenvalue weighted by atomic mass is 10.1. The van der Waals surface area contributed by atoms with Crippen LogP contribution in [-0.4, -0.2) is 29.0 Å². The molecule has 0 unspecified atom stereocenters.